The number of aryl methyl sites for hydroxylation is 1. The van der Waals surface area contributed by atoms with Crippen LogP contribution in [0.15, 0.2) is 34.0 Å². The van der Waals surface area contributed by atoms with E-state index < -0.39 is 5.56 Å². The maximum atomic E-state index is 12.0. The highest BCUT2D eigenvalue weighted by Gasteiger charge is 2.19. The number of benzene rings is 1. The first-order valence-electron chi connectivity index (χ1n) is 6.55. The average molecular weight is 303 g/mol. The van der Waals surface area contributed by atoms with E-state index in [0.29, 0.717) is 12.2 Å². The van der Waals surface area contributed by atoms with Gasteiger partial charge in [-0.15, -0.1) is 11.8 Å². The smallest absolute Gasteiger partial charge is 0.290 e. The number of thioether (sulfide) groups is 1. The molecule has 0 amide bonds. The molecule has 0 bridgehead atoms. The zero-order chi connectivity index (χ0) is 15.6. The summed E-state index contributed by atoms with van der Waals surface area (Å²) in [4.78, 5) is 25.0. The number of Topliss-reactive ketones (excluding diaryl/α,β-unsaturated/α-hetero) is 1. The lowest BCUT2D eigenvalue weighted by Gasteiger charge is -2.12. The first kappa shape index (κ1) is 15.3. The third kappa shape index (κ3) is 2.85. The fourth-order valence-electron chi connectivity index (χ4n) is 2.11. The van der Waals surface area contributed by atoms with Gasteiger partial charge in [-0.3, -0.25) is 9.59 Å². The van der Waals surface area contributed by atoms with Crippen LogP contribution in [0.1, 0.15) is 24.2 Å². The van der Waals surface area contributed by atoms with Gasteiger partial charge in [0.2, 0.25) is 0 Å². The van der Waals surface area contributed by atoms with Gasteiger partial charge in [-0.25, -0.2) is 4.68 Å². The van der Waals surface area contributed by atoms with Crippen LogP contribution in [0.3, 0.4) is 0 Å². The van der Waals surface area contributed by atoms with E-state index in [0.717, 1.165) is 10.5 Å². The summed E-state index contributed by atoms with van der Waals surface area (Å²) >= 11 is 1.63. The van der Waals surface area contributed by atoms with Crippen LogP contribution in [-0.4, -0.2) is 21.8 Å². The lowest BCUT2D eigenvalue weighted by molar-refractivity contribution is 0.101. The summed E-state index contributed by atoms with van der Waals surface area (Å²) in [7, 11) is 0. The van der Waals surface area contributed by atoms with Crippen LogP contribution in [0.4, 0.5) is 5.69 Å². The summed E-state index contributed by atoms with van der Waals surface area (Å²) in [5.74, 6) is -0.260. The van der Waals surface area contributed by atoms with Crippen LogP contribution in [0.25, 0.3) is 11.3 Å². The Morgan fingerprint density at radius 3 is 2.43 bits per heavy atom. The SMILES string of the molecule is CCn1nc(-c2ccc(SC)cc2)c(C(C)=O)c(N)c1=O. The van der Waals surface area contributed by atoms with Gasteiger partial charge < -0.3 is 5.73 Å². The van der Waals surface area contributed by atoms with Gasteiger partial charge in [-0.1, -0.05) is 12.1 Å². The Hall–Kier alpha value is -2.08. The predicted octanol–water partition coefficient (Wildman–Crippen LogP) is 2.44. The summed E-state index contributed by atoms with van der Waals surface area (Å²) in [5, 5.41) is 4.30. The van der Waals surface area contributed by atoms with E-state index in [-0.39, 0.29) is 17.0 Å². The molecule has 0 fully saturated rings. The van der Waals surface area contributed by atoms with Crippen molar-refractivity contribution < 1.29 is 4.79 Å². The Bertz CT molecular complexity index is 736. The lowest BCUT2D eigenvalue weighted by atomic mass is 10.0. The number of ketones is 1. The Kier molecular flexibility index (Phi) is 4.47. The molecule has 0 aliphatic carbocycles. The number of hydrogen-bond donors (Lipinski definition) is 1. The predicted molar refractivity (Wildman–Crippen MR) is 85.8 cm³/mol. The fourth-order valence-corrected chi connectivity index (χ4v) is 2.52. The molecule has 1 aromatic heterocycles. The molecule has 5 nitrogen and oxygen atoms in total. The van der Waals surface area contributed by atoms with E-state index >= 15 is 0 Å². The van der Waals surface area contributed by atoms with Crippen molar-refractivity contribution in [1.82, 2.24) is 9.78 Å². The van der Waals surface area contributed by atoms with Crippen molar-refractivity contribution in [1.29, 1.82) is 0 Å². The van der Waals surface area contributed by atoms with Crippen molar-refractivity contribution in [3.63, 3.8) is 0 Å². The molecule has 0 spiro atoms. The molecule has 0 radical (unpaired) electrons. The minimum atomic E-state index is -0.424. The first-order chi connectivity index (χ1) is 9.99. The number of aromatic nitrogens is 2. The van der Waals surface area contributed by atoms with E-state index in [1.165, 1.54) is 11.6 Å². The van der Waals surface area contributed by atoms with Gasteiger partial charge in [0.05, 0.1) is 5.56 Å². The summed E-state index contributed by atoms with van der Waals surface area (Å²) in [6, 6.07) is 7.65. The molecule has 21 heavy (non-hydrogen) atoms. The van der Waals surface area contributed by atoms with Gasteiger partial charge in [-0.2, -0.15) is 5.10 Å². The molecular weight excluding hydrogens is 286 g/mol. The van der Waals surface area contributed by atoms with Crippen molar-refractivity contribution in [3.8, 4) is 11.3 Å². The highest BCUT2D eigenvalue weighted by molar-refractivity contribution is 7.98. The van der Waals surface area contributed by atoms with Gasteiger partial charge in [-0.05, 0) is 32.2 Å². The molecule has 6 heteroatoms. The topological polar surface area (TPSA) is 78.0 Å². The molecule has 0 unspecified atom stereocenters. The average Bonchev–Trinajstić information content (AvgIpc) is 2.49. The van der Waals surface area contributed by atoms with Gasteiger partial charge in [0.1, 0.15) is 11.4 Å². The molecule has 110 valence electrons. The number of anilines is 1. The molecule has 2 aromatic rings. The Morgan fingerprint density at radius 1 is 1.33 bits per heavy atom. The molecule has 0 atom stereocenters. The Labute approximate surface area is 127 Å². The van der Waals surface area contributed by atoms with E-state index in [9.17, 15) is 9.59 Å². The Morgan fingerprint density at radius 2 is 1.95 bits per heavy atom. The molecule has 0 aliphatic heterocycles. The second-order valence-corrected chi connectivity index (χ2v) is 5.42. The summed E-state index contributed by atoms with van der Waals surface area (Å²) in [5.41, 5.74) is 6.81. The normalized spacial score (nSPS) is 10.6. The Balaban J connectivity index is 2.73. The molecule has 0 saturated carbocycles. The molecule has 2 rings (SSSR count). The highest BCUT2D eigenvalue weighted by Crippen LogP contribution is 2.26. The zero-order valence-corrected chi connectivity index (χ0v) is 13.0. The number of rotatable bonds is 4. The van der Waals surface area contributed by atoms with Crippen LogP contribution in [0.5, 0.6) is 0 Å². The van der Waals surface area contributed by atoms with Gasteiger partial charge in [0.15, 0.2) is 5.78 Å². The lowest BCUT2D eigenvalue weighted by Crippen LogP contribution is -2.28. The monoisotopic (exact) mass is 303 g/mol. The zero-order valence-electron chi connectivity index (χ0n) is 12.2. The highest BCUT2D eigenvalue weighted by atomic mass is 32.2. The number of carbonyl (C=O) groups excluding carboxylic acids is 1. The van der Waals surface area contributed by atoms with Crippen molar-refractivity contribution in [2.75, 3.05) is 12.0 Å². The van der Waals surface area contributed by atoms with Crippen LogP contribution < -0.4 is 11.3 Å². The molecular formula is C15H17N3O2S. The quantitative estimate of drug-likeness (QED) is 0.693. The summed E-state index contributed by atoms with van der Waals surface area (Å²) < 4.78 is 1.28. The van der Waals surface area contributed by atoms with Gasteiger partial charge in [0, 0.05) is 17.0 Å². The number of nitrogens with two attached hydrogens (primary N) is 1. The third-order valence-electron chi connectivity index (χ3n) is 3.21. The molecule has 1 heterocycles. The van der Waals surface area contributed by atoms with Gasteiger partial charge in [0.25, 0.3) is 5.56 Å². The summed E-state index contributed by atoms with van der Waals surface area (Å²) in [6.45, 7) is 3.60. The molecule has 1 aromatic carbocycles. The van der Waals surface area contributed by atoms with E-state index in [1.54, 1.807) is 11.8 Å². The van der Waals surface area contributed by atoms with Crippen molar-refractivity contribution in [2.24, 2.45) is 0 Å². The van der Waals surface area contributed by atoms with Crippen LogP contribution in [0, 0.1) is 0 Å². The second-order valence-electron chi connectivity index (χ2n) is 4.54. The molecule has 0 aliphatic rings. The fraction of sp³-hybridized carbons (Fsp3) is 0.267. The second kappa shape index (κ2) is 6.13. The third-order valence-corrected chi connectivity index (χ3v) is 3.95. The van der Waals surface area contributed by atoms with Crippen LogP contribution >= 0.6 is 11.8 Å². The molecule has 2 N–H and O–H groups in total. The van der Waals surface area contributed by atoms with Crippen LogP contribution in [0.2, 0.25) is 0 Å². The maximum absolute atomic E-state index is 12.0. The van der Waals surface area contributed by atoms with E-state index in [1.807, 2.05) is 37.4 Å². The summed E-state index contributed by atoms with van der Waals surface area (Å²) in [6.07, 6.45) is 1.99. The van der Waals surface area contributed by atoms with E-state index in [4.69, 9.17) is 5.73 Å². The van der Waals surface area contributed by atoms with Crippen LogP contribution in [-0.2, 0) is 6.54 Å². The first-order valence-corrected chi connectivity index (χ1v) is 7.78. The number of carbonyl (C=O) groups is 1. The van der Waals surface area contributed by atoms with Crippen molar-refractivity contribution in [2.45, 2.75) is 25.3 Å². The minimum Gasteiger partial charge on any atom is -0.394 e. The van der Waals surface area contributed by atoms with Crippen molar-refractivity contribution >= 4 is 23.2 Å². The number of nitrogen functional groups attached to an aromatic ring is 1. The maximum Gasteiger partial charge on any atom is 0.290 e. The molecule has 0 saturated heterocycles. The minimum absolute atomic E-state index is 0.0386. The number of nitrogens with zero attached hydrogens (tertiary/aromatic N) is 2. The largest absolute Gasteiger partial charge is 0.394 e. The standard InChI is InChI=1S/C15H17N3O2S/c1-4-18-15(20)13(16)12(9(2)19)14(17-18)10-5-7-11(21-3)8-6-10/h5-8H,4,16H2,1-3H3. The van der Waals surface area contributed by atoms with E-state index in [2.05, 4.69) is 5.10 Å². The number of hydrogen-bond acceptors (Lipinski definition) is 5. The van der Waals surface area contributed by atoms with Gasteiger partial charge >= 0.3 is 0 Å². The van der Waals surface area contributed by atoms with Crippen molar-refractivity contribution in [3.05, 3.63) is 40.2 Å².